The Labute approximate surface area is 172 Å². The lowest BCUT2D eigenvalue weighted by Crippen LogP contribution is -2.27. The summed E-state index contributed by atoms with van der Waals surface area (Å²) in [5.74, 6) is -0.465. The zero-order valence-electron chi connectivity index (χ0n) is 17.5. The Morgan fingerprint density at radius 2 is 1.90 bits per heavy atom. The highest BCUT2D eigenvalue weighted by molar-refractivity contribution is 7.90. The minimum Gasteiger partial charge on any atom is -0.349 e. The highest BCUT2D eigenvalue weighted by atomic mass is 32.2. The van der Waals surface area contributed by atoms with Crippen LogP contribution in [0.1, 0.15) is 48.8 Å². The number of carbonyl (C=O) groups excluding carboxylic acids is 1. The van der Waals surface area contributed by atoms with Crippen LogP contribution in [0.3, 0.4) is 0 Å². The summed E-state index contributed by atoms with van der Waals surface area (Å²) in [7, 11) is -3.27. The minimum atomic E-state index is -3.27. The lowest BCUT2D eigenvalue weighted by atomic mass is 10.1. The predicted molar refractivity (Wildman–Crippen MR) is 114 cm³/mol. The first kappa shape index (κ1) is 22.4. The second-order valence-electron chi connectivity index (χ2n) is 7.18. The molecule has 1 aromatic carbocycles. The molecule has 29 heavy (non-hydrogen) atoms. The van der Waals surface area contributed by atoms with Gasteiger partial charge >= 0.3 is 0 Å². The minimum absolute atomic E-state index is 0.0290. The number of nitrogens with one attached hydrogen (secondary N) is 1. The lowest BCUT2D eigenvalue weighted by Gasteiger charge is -2.14. The fourth-order valence-electron chi connectivity index (χ4n) is 3.21. The first-order chi connectivity index (χ1) is 13.6. The molecule has 2 rings (SSSR count). The molecule has 1 atom stereocenters. The monoisotopic (exact) mass is 413 g/mol. The summed E-state index contributed by atoms with van der Waals surface area (Å²) in [5, 5.41) is 12.3. The molecule has 7 heteroatoms. The first-order valence-electron chi connectivity index (χ1n) is 9.47. The van der Waals surface area contributed by atoms with Gasteiger partial charge in [0.15, 0.2) is 9.84 Å². The quantitative estimate of drug-likeness (QED) is 0.553. The third-order valence-corrected chi connectivity index (χ3v) is 6.01. The number of benzene rings is 1. The van der Waals surface area contributed by atoms with Crippen molar-refractivity contribution in [2.75, 3.05) is 6.26 Å². The molecule has 154 valence electrons. The summed E-state index contributed by atoms with van der Waals surface area (Å²) in [6, 6.07) is 9.93. The van der Waals surface area contributed by atoms with Crippen LogP contribution in [0.5, 0.6) is 0 Å². The van der Waals surface area contributed by atoms with Gasteiger partial charge in [0.25, 0.3) is 5.91 Å². The standard InChI is InChI=1S/C22H27N3O3S/c1-6-11-25-15(2)12-19(17(25)4)13-20(14-23)22(26)24-16(3)18-7-9-21(10-8-18)29(5,27)28/h7-10,12-13,16H,6,11H2,1-5H3,(H,24,26)/b20-13+. The van der Waals surface area contributed by atoms with Gasteiger partial charge in [-0.15, -0.1) is 0 Å². The van der Waals surface area contributed by atoms with E-state index in [1.807, 2.05) is 26.0 Å². The normalized spacial score (nSPS) is 13.0. The summed E-state index contributed by atoms with van der Waals surface area (Å²) >= 11 is 0. The van der Waals surface area contributed by atoms with E-state index < -0.39 is 15.7 Å². The molecule has 0 radical (unpaired) electrons. The molecule has 0 saturated heterocycles. The molecule has 0 aliphatic carbocycles. The average Bonchev–Trinajstić information content (AvgIpc) is 2.93. The number of sulfone groups is 1. The summed E-state index contributed by atoms with van der Waals surface area (Å²) in [6.07, 6.45) is 3.76. The predicted octanol–water partition coefficient (Wildman–Crippen LogP) is 3.70. The maximum atomic E-state index is 12.6. The summed E-state index contributed by atoms with van der Waals surface area (Å²) in [6.45, 7) is 8.77. The first-order valence-corrected chi connectivity index (χ1v) is 11.4. The smallest absolute Gasteiger partial charge is 0.262 e. The van der Waals surface area contributed by atoms with Gasteiger partial charge < -0.3 is 9.88 Å². The largest absolute Gasteiger partial charge is 0.349 e. The maximum Gasteiger partial charge on any atom is 0.262 e. The van der Waals surface area contributed by atoms with Crippen molar-refractivity contribution in [2.24, 2.45) is 0 Å². The molecule has 0 saturated carbocycles. The van der Waals surface area contributed by atoms with Gasteiger partial charge in [-0.25, -0.2) is 8.42 Å². The molecule has 1 aromatic heterocycles. The highest BCUT2D eigenvalue weighted by Crippen LogP contribution is 2.20. The summed E-state index contributed by atoms with van der Waals surface area (Å²) in [5.41, 5.74) is 3.75. The van der Waals surface area contributed by atoms with Gasteiger partial charge in [-0.05, 0) is 62.6 Å². The second kappa shape index (κ2) is 9.10. The summed E-state index contributed by atoms with van der Waals surface area (Å²) in [4.78, 5) is 12.8. The van der Waals surface area contributed by atoms with Crippen LogP contribution >= 0.6 is 0 Å². The third-order valence-electron chi connectivity index (χ3n) is 4.88. The van der Waals surface area contributed by atoms with Crippen molar-refractivity contribution in [1.29, 1.82) is 5.26 Å². The Kier molecular flexibility index (Phi) is 7.04. The van der Waals surface area contributed by atoms with E-state index in [0.29, 0.717) is 0 Å². The Hall–Kier alpha value is -2.85. The van der Waals surface area contributed by atoms with Crippen LogP contribution in [0, 0.1) is 25.2 Å². The van der Waals surface area contributed by atoms with Crippen LogP contribution in [0.4, 0.5) is 0 Å². The number of aromatic nitrogens is 1. The topological polar surface area (TPSA) is 92.0 Å². The van der Waals surface area contributed by atoms with E-state index in [1.54, 1.807) is 25.1 Å². The number of nitriles is 1. The fourth-order valence-corrected chi connectivity index (χ4v) is 3.84. The van der Waals surface area contributed by atoms with Crippen molar-refractivity contribution in [1.82, 2.24) is 9.88 Å². The highest BCUT2D eigenvalue weighted by Gasteiger charge is 2.16. The van der Waals surface area contributed by atoms with Crippen LogP contribution in [0.25, 0.3) is 6.08 Å². The number of nitrogens with zero attached hydrogens (tertiary/aromatic N) is 2. The van der Waals surface area contributed by atoms with Gasteiger partial charge in [0.2, 0.25) is 0 Å². The van der Waals surface area contributed by atoms with Crippen molar-refractivity contribution in [3.63, 3.8) is 0 Å². The van der Waals surface area contributed by atoms with Crippen LogP contribution < -0.4 is 5.32 Å². The van der Waals surface area contributed by atoms with Crippen LogP contribution in [0.15, 0.2) is 40.8 Å². The number of carbonyl (C=O) groups is 1. The molecule has 1 heterocycles. The second-order valence-corrected chi connectivity index (χ2v) is 9.20. The maximum absolute atomic E-state index is 12.6. The van der Waals surface area contributed by atoms with E-state index >= 15 is 0 Å². The Morgan fingerprint density at radius 1 is 1.28 bits per heavy atom. The molecule has 1 amide bonds. The third kappa shape index (κ3) is 5.36. The van der Waals surface area contributed by atoms with E-state index in [1.165, 1.54) is 12.1 Å². The zero-order chi connectivity index (χ0) is 21.8. The van der Waals surface area contributed by atoms with E-state index in [-0.39, 0.29) is 16.5 Å². The molecule has 0 bridgehead atoms. The van der Waals surface area contributed by atoms with E-state index in [0.717, 1.165) is 41.7 Å². The molecular weight excluding hydrogens is 386 g/mol. The molecule has 0 fully saturated rings. The zero-order valence-corrected chi connectivity index (χ0v) is 18.3. The van der Waals surface area contributed by atoms with Gasteiger partial charge in [-0.3, -0.25) is 4.79 Å². The number of aryl methyl sites for hydroxylation is 1. The molecule has 1 N–H and O–H groups in total. The van der Waals surface area contributed by atoms with E-state index in [9.17, 15) is 18.5 Å². The molecule has 1 unspecified atom stereocenters. The van der Waals surface area contributed by atoms with Crippen LogP contribution in [-0.4, -0.2) is 25.1 Å². The fraction of sp³-hybridized carbons (Fsp3) is 0.364. The molecular formula is C22H27N3O3S. The Morgan fingerprint density at radius 3 is 2.41 bits per heavy atom. The molecule has 0 aliphatic heterocycles. The van der Waals surface area contributed by atoms with Crippen molar-refractivity contribution >= 4 is 21.8 Å². The number of rotatable bonds is 7. The number of amides is 1. The molecule has 6 nitrogen and oxygen atoms in total. The van der Waals surface area contributed by atoms with Crippen molar-refractivity contribution in [2.45, 2.75) is 51.6 Å². The van der Waals surface area contributed by atoms with Crippen LogP contribution in [0.2, 0.25) is 0 Å². The molecule has 2 aromatic rings. The molecule has 0 spiro atoms. The summed E-state index contributed by atoms with van der Waals surface area (Å²) < 4.78 is 25.3. The Balaban J connectivity index is 2.21. The number of hydrogen-bond donors (Lipinski definition) is 1. The Bertz CT molecular complexity index is 1070. The van der Waals surface area contributed by atoms with Crippen LogP contribution in [-0.2, 0) is 21.2 Å². The van der Waals surface area contributed by atoms with E-state index in [2.05, 4.69) is 16.8 Å². The van der Waals surface area contributed by atoms with Gasteiger partial charge in [0, 0.05) is 24.2 Å². The van der Waals surface area contributed by atoms with Gasteiger partial charge in [-0.1, -0.05) is 19.1 Å². The lowest BCUT2D eigenvalue weighted by molar-refractivity contribution is -0.117. The SMILES string of the molecule is CCCn1c(C)cc(/C=C(\C#N)C(=O)NC(C)c2ccc(S(C)(=O)=O)cc2)c1C. The molecule has 0 aliphatic rings. The van der Waals surface area contributed by atoms with Gasteiger partial charge in [0.05, 0.1) is 10.9 Å². The van der Waals surface area contributed by atoms with Crippen molar-refractivity contribution in [3.05, 3.63) is 58.4 Å². The number of hydrogen-bond acceptors (Lipinski definition) is 4. The average molecular weight is 414 g/mol. The van der Waals surface area contributed by atoms with Crippen molar-refractivity contribution in [3.8, 4) is 6.07 Å². The van der Waals surface area contributed by atoms with E-state index in [4.69, 9.17) is 0 Å². The van der Waals surface area contributed by atoms with Gasteiger partial charge in [-0.2, -0.15) is 5.26 Å². The van der Waals surface area contributed by atoms with Gasteiger partial charge in [0.1, 0.15) is 11.6 Å². The van der Waals surface area contributed by atoms with Crippen molar-refractivity contribution < 1.29 is 13.2 Å².